The summed E-state index contributed by atoms with van der Waals surface area (Å²) in [6, 6.07) is 20.1. The Balaban J connectivity index is 1.75. The number of aliphatic hydroxyl groups is 4. The third-order valence-electron chi connectivity index (χ3n) is 11.1. The maximum absolute atomic E-state index is 14.8. The minimum Gasteiger partial charge on any atom is -0.511 e. The van der Waals surface area contributed by atoms with Crippen molar-refractivity contribution in [2.75, 3.05) is 0 Å². The lowest BCUT2D eigenvalue weighted by Crippen LogP contribution is -2.73. The van der Waals surface area contributed by atoms with Crippen LogP contribution in [0, 0.1) is 22.7 Å². The summed E-state index contributed by atoms with van der Waals surface area (Å²) < 4.78 is 0. The summed E-state index contributed by atoms with van der Waals surface area (Å²) in [6.07, 6.45) is -1.70. The SMILES string of the molecule is CC(=O)C1=C(O)C(C(C)C)[C@@]2(C)[C@H](O)[C@]3(C)C(=C(O)[C@@]2(O)C1=O)C(=O)c1c(O)c(-c2ccccc2)cc(-c2ccccc2)c1[C@H]3C. The van der Waals surface area contributed by atoms with E-state index in [9.17, 15) is 39.9 Å². The Morgan fingerprint density at radius 1 is 0.870 bits per heavy atom. The molecule has 3 aromatic carbocycles. The van der Waals surface area contributed by atoms with E-state index in [0.29, 0.717) is 22.3 Å². The zero-order valence-electron chi connectivity index (χ0n) is 26.6. The summed E-state index contributed by atoms with van der Waals surface area (Å²) >= 11 is 0. The Morgan fingerprint density at radius 3 is 1.89 bits per heavy atom. The topological polar surface area (TPSA) is 152 Å². The van der Waals surface area contributed by atoms with E-state index in [1.165, 1.54) is 6.92 Å². The van der Waals surface area contributed by atoms with Gasteiger partial charge in [-0.2, -0.15) is 0 Å². The Hall–Kier alpha value is -4.53. The van der Waals surface area contributed by atoms with Crippen molar-refractivity contribution in [3.8, 4) is 28.0 Å². The van der Waals surface area contributed by atoms with Crippen LogP contribution in [0.5, 0.6) is 5.75 Å². The number of carbonyl (C=O) groups is 3. The fourth-order valence-electron chi connectivity index (χ4n) is 8.77. The second-order valence-electron chi connectivity index (χ2n) is 13.7. The first-order valence-corrected chi connectivity index (χ1v) is 15.5. The number of aliphatic hydroxyl groups excluding tert-OH is 3. The molecule has 0 aromatic heterocycles. The number of carbonyl (C=O) groups excluding carboxylic acids is 3. The summed E-state index contributed by atoms with van der Waals surface area (Å²) in [6.45, 7) is 9.28. The number of fused-ring (bicyclic) bond motifs is 3. The molecule has 5 N–H and O–H groups in total. The lowest BCUT2D eigenvalue weighted by molar-refractivity contribution is -0.211. The van der Waals surface area contributed by atoms with Crippen molar-refractivity contribution in [2.45, 2.75) is 59.2 Å². The van der Waals surface area contributed by atoms with Gasteiger partial charge < -0.3 is 25.5 Å². The number of hydrogen-bond acceptors (Lipinski definition) is 8. The van der Waals surface area contributed by atoms with Gasteiger partial charge in [0, 0.05) is 22.3 Å². The second-order valence-corrected chi connectivity index (χ2v) is 13.7. The zero-order chi connectivity index (χ0) is 33.7. The molecule has 0 saturated carbocycles. The van der Waals surface area contributed by atoms with Gasteiger partial charge in [0.2, 0.25) is 5.78 Å². The van der Waals surface area contributed by atoms with E-state index >= 15 is 0 Å². The van der Waals surface area contributed by atoms with Crippen molar-refractivity contribution in [3.63, 3.8) is 0 Å². The van der Waals surface area contributed by atoms with Crippen molar-refractivity contribution in [2.24, 2.45) is 22.7 Å². The van der Waals surface area contributed by atoms with E-state index in [4.69, 9.17) is 0 Å². The van der Waals surface area contributed by atoms with Gasteiger partial charge in [-0.15, -0.1) is 0 Å². The van der Waals surface area contributed by atoms with Crippen LogP contribution in [-0.2, 0) is 9.59 Å². The predicted octanol–water partition coefficient (Wildman–Crippen LogP) is 6.21. The fourth-order valence-corrected chi connectivity index (χ4v) is 8.77. The summed E-state index contributed by atoms with van der Waals surface area (Å²) in [4.78, 5) is 41.6. The summed E-state index contributed by atoms with van der Waals surface area (Å²) in [7, 11) is 0. The Morgan fingerprint density at radius 2 is 1.39 bits per heavy atom. The molecule has 0 spiro atoms. The summed E-state index contributed by atoms with van der Waals surface area (Å²) in [5.41, 5.74) is -4.93. The molecule has 8 heteroatoms. The molecule has 6 rings (SSSR count). The maximum Gasteiger partial charge on any atom is 0.209 e. The number of phenolic OH excluding ortho intramolecular Hbond substituents is 1. The van der Waals surface area contributed by atoms with Gasteiger partial charge in [-0.05, 0) is 47.1 Å². The van der Waals surface area contributed by atoms with E-state index in [0.717, 1.165) is 12.5 Å². The first kappa shape index (κ1) is 31.5. The first-order chi connectivity index (χ1) is 21.6. The highest BCUT2D eigenvalue weighted by atomic mass is 16.4. The molecular weight excluding hydrogens is 584 g/mol. The molecule has 0 amide bonds. The minimum atomic E-state index is -2.94. The van der Waals surface area contributed by atoms with Gasteiger partial charge in [0.25, 0.3) is 0 Å². The van der Waals surface area contributed by atoms with E-state index < -0.39 is 80.3 Å². The lowest BCUT2D eigenvalue weighted by atomic mass is 9.41. The fraction of sp³-hybridized carbons (Fsp3) is 0.342. The van der Waals surface area contributed by atoms with Gasteiger partial charge in [-0.25, -0.2) is 0 Å². The number of hydrogen-bond donors (Lipinski definition) is 5. The average molecular weight is 623 g/mol. The van der Waals surface area contributed by atoms with Gasteiger partial charge >= 0.3 is 0 Å². The van der Waals surface area contributed by atoms with Crippen molar-refractivity contribution < 1.29 is 39.9 Å². The Bertz CT molecular complexity index is 1890. The van der Waals surface area contributed by atoms with Crippen molar-refractivity contribution in [1.82, 2.24) is 0 Å². The number of phenols is 1. The molecule has 0 saturated heterocycles. The number of ketones is 3. The Labute approximate surface area is 267 Å². The van der Waals surface area contributed by atoms with E-state index in [2.05, 4.69) is 0 Å². The van der Waals surface area contributed by atoms with Crippen LogP contribution < -0.4 is 0 Å². The number of aromatic hydroxyl groups is 1. The third-order valence-corrected chi connectivity index (χ3v) is 11.1. The lowest BCUT2D eigenvalue weighted by Gasteiger charge is -2.63. The normalized spacial score (nSPS) is 30.7. The van der Waals surface area contributed by atoms with Crippen LogP contribution in [0.15, 0.2) is 89.4 Å². The molecule has 0 aliphatic heterocycles. The molecule has 8 nitrogen and oxygen atoms in total. The zero-order valence-corrected chi connectivity index (χ0v) is 26.6. The molecule has 0 fully saturated rings. The monoisotopic (exact) mass is 622 g/mol. The molecule has 0 heterocycles. The molecule has 238 valence electrons. The number of Topliss-reactive ketones (excluding diaryl/α,β-unsaturated/α-hetero) is 3. The average Bonchev–Trinajstić information content (AvgIpc) is 3.01. The number of allylic oxidation sites excluding steroid dienone is 1. The molecule has 3 aromatic rings. The number of benzene rings is 3. The van der Waals surface area contributed by atoms with Crippen LogP contribution >= 0.6 is 0 Å². The minimum absolute atomic E-state index is 0.111. The van der Waals surface area contributed by atoms with E-state index in [1.54, 1.807) is 52.0 Å². The number of rotatable bonds is 4. The molecule has 0 bridgehead atoms. The van der Waals surface area contributed by atoms with E-state index in [-0.39, 0.29) is 11.3 Å². The van der Waals surface area contributed by atoms with Crippen LogP contribution in [-0.4, -0.2) is 54.6 Å². The summed E-state index contributed by atoms with van der Waals surface area (Å²) in [5, 5.41) is 60.4. The summed E-state index contributed by atoms with van der Waals surface area (Å²) in [5.74, 6) is -7.32. The van der Waals surface area contributed by atoms with Gasteiger partial charge in [0.15, 0.2) is 17.2 Å². The highest BCUT2D eigenvalue weighted by molar-refractivity contribution is 6.25. The van der Waals surface area contributed by atoms with Crippen LogP contribution in [0.1, 0.15) is 63.4 Å². The smallest absolute Gasteiger partial charge is 0.209 e. The molecule has 6 atom stereocenters. The van der Waals surface area contributed by atoms with Gasteiger partial charge in [0.1, 0.15) is 22.8 Å². The van der Waals surface area contributed by atoms with Crippen LogP contribution in [0.2, 0.25) is 0 Å². The van der Waals surface area contributed by atoms with Crippen LogP contribution in [0.3, 0.4) is 0 Å². The van der Waals surface area contributed by atoms with Gasteiger partial charge in [0.05, 0.1) is 17.2 Å². The maximum atomic E-state index is 14.8. The highest BCUT2D eigenvalue weighted by Crippen LogP contribution is 2.68. The Kier molecular flexibility index (Phi) is 7.00. The predicted molar refractivity (Wildman–Crippen MR) is 172 cm³/mol. The van der Waals surface area contributed by atoms with Crippen molar-refractivity contribution >= 4 is 17.3 Å². The standard InChI is InChI=1S/C38H38O8/c1-18(2)28-31(41)26(20(4)39)33(43)38(46)34(44)29-32(42)27-25(19(3)36(29,5)35(45)37(28,38)6)23(21-13-9-7-10-14-21)17-24(30(27)40)22-15-11-8-12-16-22/h7-19,28,35,40-41,44-46H,1-6H3/t19-,28?,35-,36+,37+,38+/m1/s1. The molecular formula is C38H38O8. The van der Waals surface area contributed by atoms with Gasteiger partial charge in [-0.3, -0.25) is 14.4 Å². The molecule has 0 radical (unpaired) electrons. The van der Waals surface area contributed by atoms with Crippen molar-refractivity contribution in [3.05, 3.63) is 101 Å². The quantitative estimate of drug-likeness (QED) is 0.215. The van der Waals surface area contributed by atoms with Crippen molar-refractivity contribution in [1.29, 1.82) is 0 Å². The van der Waals surface area contributed by atoms with Gasteiger partial charge in [-0.1, -0.05) is 95.3 Å². The molecule has 46 heavy (non-hydrogen) atoms. The highest BCUT2D eigenvalue weighted by Gasteiger charge is 2.76. The molecule has 3 aliphatic rings. The molecule has 3 aliphatic carbocycles. The first-order valence-electron chi connectivity index (χ1n) is 15.5. The van der Waals surface area contributed by atoms with Crippen LogP contribution in [0.25, 0.3) is 22.3 Å². The van der Waals surface area contributed by atoms with Crippen LogP contribution in [0.4, 0.5) is 0 Å². The largest absolute Gasteiger partial charge is 0.511 e. The second kappa shape index (κ2) is 10.2. The third kappa shape index (κ3) is 3.65. The van der Waals surface area contributed by atoms with E-state index in [1.807, 2.05) is 42.5 Å². The molecule has 1 unspecified atom stereocenters.